The van der Waals surface area contributed by atoms with Gasteiger partial charge in [-0.3, -0.25) is 10.2 Å². The van der Waals surface area contributed by atoms with Crippen molar-refractivity contribution in [3.63, 3.8) is 0 Å². The van der Waals surface area contributed by atoms with Crippen LogP contribution in [0.5, 0.6) is 5.75 Å². The Morgan fingerprint density at radius 3 is 2.52 bits per heavy atom. The Kier molecular flexibility index (Phi) is 5.30. The second-order valence-electron chi connectivity index (χ2n) is 5.84. The third kappa shape index (κ3) is 4.58. The molecule has 2 aromatic carbocycles. The fourth-order valence-corrected chi connectivity index (χ4v) is 2.76. The fraction of sp³-hybridized carbons (Fsp3) is 0.263. The normalized spacial score (nSPS) is 13.6. The predicted molar refractivity (Wildman–Crippen MR) is 91.9 cm³/mol. The van der Waals surface area contributed by atoms with Gasteiger partial charge < -0.3 is 9.47 Å². The van der Waals surface area contributed by atoms with Crippen molar-refractivity contribution >= 4 is 12.1 Å². The lowest BCUT2D eigenvalue weighted by Gasteiger charge is -2.28. The van der Waals surface area contributed by atoms with Gasteiger partial charge in [0.1, 0.15) is 5.75 Å². The molecule has 1 aliphatic heterocycles. The summed E-state index contributed by atoms with van der Waals surface area (Å²) < 4.78 is 9.90. The molecular weight excluding hydrogens is 320 g/mol. The van der Waals surface area contributed by atoms with Crippen molar-refractivity contribution in [3.05, 3.63) is 65.2 Å². The zero-order valence-electron chi connectivity index (χ0n) is 14.0. The molecule has 2 aromatic rings. The molecule has 0 spiro atoms. The molecule has 1 amide bonds. The molecule has 0 unspecified atom stereocenters. The average Bonchev–Trinajstić information content (AvgIpc) is 2.63. The molecule has 0 fully saturated rings. The maximum absolute atomic E-state index is 12.1. The van der Waals surface area contributed by atoms with Crippen LogP contribution in [0.2, 0.25) is 0 Å². The topological polar surface area (TPSA) is 67.9 Å². The Morgan fingerprint density at radius 1 is 1.08 bits per heavy atom. The van der Waals surface area contributed by atoms with Crippen LogP contribution < -0.4 is 10.2 Å². The number of nitrogens with zero attached hydrogens (tertiary/aromatic N) is 1. The first-order chi connectivity index (χ1) is 12.1. The van der Waals surface area contributed by atoms with Crippen molar-refractivity contribution in [2.45, 2.75) is 19.4 Å². The van der Waals surface area contributed by atoms with E-state index in [0.29, 0.717) is 12.3 Å². The van der Waals surface area contributed by atoms with E-state index in [9.17, 15) is 9.59 Å². The van der Waals surface area contributed by atoms with Crippen molar-refractivity contribution in [2.75, 3.05) is 13.7 Å². The highest BCUT2D eigenvalue weighted by molar-refractivity contribution is 5.72. The number of fused-ring (bicyclic) bond motifs is 1. The molecule has 0 saturated heterocycles. The number of hydrogen-bond donors (Lipinski definition) is 1. The molecule has 0 atom stereocenters. The van der Waals surface area contributed by atoms with Crippen LogP contribution in [0.4, 0.5) is 4.79 Å². The molecular formula is C19H20N2O4. The maximum Gasteiger partial charge on any atom is 0.427 e. The summed E-state index contributed by atoms with van der Waals surface area (Å²) in [6.45, 7) is 1.40. The van der Waals surface area contributed by atoms with E-state index in [1.54, 1.807) is 24.3 Å². The summed E-state index contributed by atoms with van der Waals surface area (Å²) in [5, 5.41) is 1.84. The summed E-state index contributed by atoms with van der Waals surface area (Å²) in [5.41, 5.74) is 6.09. The lowest BCUT2D eigenvalue weighted by Crippen LogP contribution is -2.46. The van der Waals surface area contributed by atoms with Gasteiger partial charge in [-0.1, -0.05) is 36.4 Å². The van der Waals surface area contributed by atoms with Gasteiger partial charge in [-0.15, -0.1) is 0 Å². The Morgan fingerprint density at radius 2 is 1.80 bits per heavy atom. The number of methoxy groups -OCH3 is 1. The lowest BCUT2D eigenvalue weighted by atomic mass is 10.0. The van der Waals surface area contributed by atoms with Gasteiger partial charge in [0, 0.05) is 13.1 Å². The molecule has 1 N–H and O–H groups in total. The van der Waals surface area contributed by atoms with Crippen molar-refractivity contribution in [1.29, 1.82) is 0 Å². The number of rotatable bonds is 4. The van der Waals surface area contributed by atoms with Gasteiger partial charge in [-0.2, -0.15) is 0 Å². The second kappa shape index (κ2) is 7.81. The predicted octanol–water partition coefficient (Wildman–Crippen LogP) is 2.46. The second-order valence-corrected chi connectivity index (χ2v) is 5.84. The van der Waals surface area contributed by atoms with Gasteiger partial charge in [0.15, 0.2) is 0 Å². The van der Waals surface area contributed by atoms with Crippen molar-refractivity contribution in [3.8, 4) is 5.75 Å². The summed E-state index contributed by atoms with van der Waals surface area (Å²) in [6.07, 6.45) is 0.551. The minimum Gasteiger partial charge on any atom is -0.469 e. The third-order valence-corrected chi connectivity index (χ3v) is 4.09. The van der Waals surface area contributed by atoms with E-state index in [1.165, 1.54) is 18.2 Å². The van der Waals surface area contributed by atoms with Crippen molar-refractivity contribution < 1.29 is 19.1 Å². The first-order valence-corrected chi connectivity index (χ1v) is 8.10. The van der Waals surface area contributed by atoms with Crippen LogP contribution >= 0.6 is 0 Å². The number of esters is 1. The number of benzene rings is 2. The molecule has 0 aromatic heterocycles. The van der Waals surface area contributed by atoms with E-state index < -0.39 is 6.09 Å². The lowest BCUT2D eigenvalue weighted by molar-refractivity contribution is -0.139. The van der Waals surface area contributed by atoms with Crippen LogP contribution in [-0.4, -0.2) is 30.7 Å². The minimum absolute atomic E-state index is 0.191. The number of amides is 1. The maximum atomic E-state index is 12.1. The molecule has 3 rings (SSSR count). The SMILES string of the molecule is COC(=O)Cc1ccc(OC(=O)NN2CCc3ccccc3C2)cc1. The molecule has 6 nitrogen and oxygen atoms in total. The highest BCUT2D eigenvalue weighted by Gasteiger charge is 2.18. The molecule has 0 saturated carbocycles. The fourth-order valence-electron chi connectivity index (χ4n) is 2.76. The highest BCUT2D eigenvalue weighted by atomic mass is 16.6. The van der Waals surface area contributed by atoms with E-state index in [1.807, 2.05) is 17.1 Å². The largest absolute Gasteiger partial charge is 0.469 e. The summed E-state index contributed by atoms with van der Waals surface area (Å²) in [7, 11) is 1.35. The van der Waals surface area contributed by atoms with E-state index in [-0.39, 0.29) is 12.4 Å². The third-order valence-electron chi connectivity index (χ3n) is 4.09. The van der Waals surface area contributed by atoms with Gasteiger partial charge in [-0.25, -0.2) is 9.80 Å². The van der Waals surface area contributed by atoms with Crippen LogP contribution in [0, 0.1) is 0 Å². The van der Waals surface area contributed by atoms with E-state index >= 15 is 0 Å². The molecule has 25 heavy (non-hydrogen) atoms. The van der Waals surface area contributed by atoms with E-state index in [4.69, 9.17) is 4.74 Å². The van der Waals surface area contributed by atoms with Crippen LogP contribution in [0.3, 0.4) is 0 Å². The molecule has 0 radical (unpaired) electrons. The van der Waals surface area contributed by atoms with Crippen LogP contribution in [0.1, 0.15) is 16.7 Å². The first-order valence-electron chi connectivity index (χ1n) is 8.10. The summed E-state index contributed by atoms with van der Waals surface area (Å²) in [5.74, 6) is 0.111. The van der Waals surface area contributed by atoms with Crippen molar-refractivity contribution in [2.24, 2.45) is 0 Å². The molecule has 6 heteroatoms. The van der Waals surface area contributed by atoms with Gasteiger partial charge in [0.2, 0.25) is 0 Å². The standard InChI is InChI=1S/C19H20N2O4/c1-24-18(22)12-14-6-8-17(9-7-14)25-19(23)20-21-11-10-15-4-2-3-5-16(15)13-21/h2-9H,10-13H2,1H3,(H,20,23). The van der Waals surface area contributed by atoms with Gasteiger partial charge in [0.05, 0.1) is 13.5 Å². The number of ether oxygens (including phenoxy) is 2. The van der Waals surface area contributed by atoms with Gasteiger partial charge in [0.25, 0.3) is 0 Å². The molecule has 1 aliphatic rings. The number of hydrazine groups is 1. The number of carbonyl (C=O) groups is 2. The zero-order valence-corrected chi connectivity index (χ0v) is 14.0. The van der Waals surface area contributed by atoms with Crippen LogP contribution in [-0.2, 0) is 28.9 Å². The Bertz CT molecular complexity index is 758. The van der Waals surface area contributed by atoms with Crippen LogP contribution in [0.25, 0.3) is 0 Å². The average molecular weight is 340 g/mol. The Balaban J connectivity index is 1.52. The number of hydrogen-bond acceptors (Lipinski definition) is 5. The van der Waals surface area contributed by atoms with E-state index in [2.05, 4.69) is 22.3 Å². The molecule has 0 aliphatic carbocycles. The molecule has 0 bridgehead atoms. The first kappa shape index (κ1) is 17.0. The smallest absolute Gasteiger partial charge is 0.427 e. The quantitative estimate of drug-likeness (QED) is 0.866. The Labute approximate surface area is 146 Å². The van der Waals surface area contributed by atoms with Crippen molar-refractivity contribution in [1.82, 2.24) is 10.4 Å². The number of nitrogens with one attached hydrogen (secondary N) is 1. The molecule has 1 heterocycles. The highest BCUT2D eigenvalue weighted by Crippen LogP contribution is 2.17. The van der Waals surface area contributed by atoms with E-state index in [0.717, 1.165) is 18.5 Å². The summed E-state index contributed by atoms with van der Waals surface area (Å²) in [6, 6.07) is 15.0. The zero-order chi connectivity index (χ0) is 17.6. The molecule has 130 valence electrons. The summed E-state index contributed by atoms with van der Waals surface area (Å²) in [4.78, 5) is 23.3. The Hall–Kier alpha value is -2.86. The summed E-state index contributed by atoms with van der Waals surface area (Å²) >= 11 is 0. The number of carbonyl (C=O) groups excluding carboxylic acids is 2. The van der Waals surface area contributed by atoms with Crippen LogP contribution in [0.15, 0.2) is 48.5 Å². The van der Waals surface area contributed by atoms with Gasteiger partial charge in [-0.05, 0) is 35.2 Å². The monoisotopic (exact) mass is 340 g/mol. The minimum atomic E-state index is -0.528. The van der Waals surface area contributed by atoms with Gasteiger partial charge >= 0.3 is 12.1 Å².